The highest BCUT2D eigenvalue weighted by atomic mass is 32.2. The Morgan fingerprint density at radius 1 is 1.03 bits per heavy atom. The van der Waals surface area contributed by atoms with E-state index >= 15 is 0 Å². The van der Waals surface area contributed by atoms with E-state index < -0.39 is 10.0 Å². The third kappa shape index (κ3) is 5.32. The molecule has 164 valence electrons. The number of anilines is 1. The molecule has 31 heavy (non-hydrogen) atoms. The predicted octanol–water partition coefficient (Wildman–Crippen LogP) is 2.96. The van der Waals surface area contributed by atoms with Gasteiger partial charge in [-0.05, 0) is 23.6 Å². The van der Waals surface area contributed by atoms with Crippen LogP contribution in [0.5, 0.6) is 0 Å². The molecule has 0 aromatic heterocycles. The van der Waals surface area contributed by atoms with Gasteiger partial charge in [0.2, 0.25) is 5.91 Å². The van der Waals surface area contributed by atoms with E-state index in [4.69, 9.17) is 0 Å². The van der Waals surface area contributed by atoms with Crippen LogP contribution >= 0.6 is 0 Å². The molecule has 2 aromatic carbocycles. The summed E-state index contributed by atoms with van der Waals surface area (Å²) in [6.45, 7) is 6.02. The number of carbonyl (C=O) groups excluding carboxylic acids is 1. The molecule has 4 rings (SSSR count). The van der Waals surface area contributed by atoms with Crippen molar-refractivity contribution < 1.29 is 13.2 Å². The van der Waals surface area contributed by atoms with Crippen LogP contribution in [0.15, 0.2) is 63.9 Å². The second kappa shape index (κ2) is 9.20. The summed E-state index contributed by atoms with van der Waals surface area (Å²) in [7, 11) is -3.69. The van der Waals surface area contributed by atoms with Crippen molar-refractivity contribution >= 4 is 27.5 Å². The van der Waals surface area contributed by atoms with Crippen LogP contribution in [0.25, 0.3) is 0 Å². The fourth-order valence-corrected chi connectivity index (χ4v) is 5.24. The molecule has 0 spiro atoms. The van der Waals surface area contributed by atoms with Gasteiger partial charge >= 0.3 is 0 Å². The van der Waals surface area contributed by atoms with Gasteiger partial charge in [-0.15, -0.1) is 4.40 Å². The molecule has 1 fully saturated rings. The summed E-state index contributed by atoms with van der Waals surface area (Å²) in [5, 5.41) is 3.10. The number of rotatable bonds is 6. The molecule has 2 aliphatic rings. The number of hydrogen-bond acceptors (Lipinski definition) is 5. The second-order valence-electron chi connectivity index (χ2n) is 8.29. The van der Waals surface area contributed by atoms with E-state index in [-0.39, 0.29) is 16.7 Å². The zero-order valence-electron chi connectivity index (χ0n) is 17.7. The van der Waals surface area contributed by atoms with E-state index in [2.05, 4.69) is 26.7 Å². The lowest BCUT2D eigenvalue weighted by Crippen LogP contribution is -2.48. The number of sulfonamides is 1. The number of benzene rings is 2. The van der Waals surface area contributed by atoms with E-state index in [1.807, 2.05) is 30.0 Å². The zero-order valence-corrected chi connectivity index (χ0v) is 18.5. The molecule has 0 aliphatic carbocycles. The zero-order chi connectivity index (χ0) is 21.8. The van der Waals surface area contributed by atoms with Crippen molar-refractivity contribution in [3.05, 3.63) is 60.2 Å². The number of hydrogen-bond donors (Lipinski definition) is 1. The number of carbonyl (C=O) groups is 1. The standard InChI is InChI=1S/C23H28N4O3S/c1-18(15-22-24-20-9-5-6-10-21(20)31(29,30)25-22)16-23(28)27-13-11-26(12-14-27)17-19-7-3-2-4-8-19/h2-10,18H,11-17H2,1H3,(H,24,25)/t18-/m1/s1. The van der Waals surface area contributed by atoms with E-state index in [1.54, 1.807) is 24.3 Å². The Balaban J connectivity index is 1.27. The molecular formula is C23H28N4O3S. The fraction of sp³-hybridized carbons (Fsp3) is 0.391. The lowest BCUT2D eigenvalue weighted by atomic mass is 10.0. The highest BCUT2D eigenvalue weighted by Gasteiger charge is 2.27. The summed E-state index contributed by atoms with van der Waals surface area (Å²) in [5.74, 6) is 0.500. The van der Waals surface area contributed by atoms with Crippen molar-refractivity contribution in [1.82, 2.24) is 9.80 Å². The minimum absolute atomic E-state index is 0.0124. The van der Waals surface area contributed by atoms with Crippen molar-refractivity contribution in [3.8, 4) is 0 Å². The van der Waals surface area contributed by atoms with Crippen LogP contribution in [-0.2, 0) is 21.4 Å². The van der Waals surface area contributed by atoms with E-state index in [9.17, 15) is 13.2 Å². The van der Waals surface area contributed by atoms with Gasteiger partial charge in [0.25, 0.3) is 10.0 Å². The van der Waals surface area contributed by atoms with Gasteiger partial charge in [-0.3, -0.25) is 9.69 Å². The van der Waals surface area contributed by atoms with Gasteiger partial charge in [0, 0.05) is 45.6 Å². The summed E-state index contributed by atoms with van der Waals surface area (Å²) in [5.41, 5.74) is 1.83. The molecule has 2 heterocycles. The molecule has 1 amide bonds. The lowest BCUT2D eigenvalue weighted by Gasteiger charge is -2.35. The minimum Gasteiger partial charge on any atom is -0.342 e. The smallest absolute Gasteiger partial charge is 0.286 e. The molecule has 7 nitrogen and oxygen atoms in total. The molecular weight excluding hydrogens is 412 g/mol. The average Bonchev–Trinajstić information content (AvgIpc) is 2.74. The molecule has 2 aromatic rings. The van der Waals surface area contributed by atoms with Crippen LogP contribution in [-0.4, -0.2) is 56.1 Å². The first kappa shape index (κ1) is 21.5. The predicted molar refractivity (Wildman–Crippen MR) is 121 cm³/mol. The van der Waals surface area contributed by atoms with Crippen LogP contribution in [0.1, 0.15) is 25.3 Å². The largest absolute Gasteiger partial charge is 0.342 e. The van der Waals surface area contributed by atoms with Crippen LogP contribution in [0.2, 0.25) is 0 Å². The van der Waals surface area contributed by atoms with Gasteiger partial charge in [0.1, 0.15) is 10.7 Å². The Hall–Kier alpha value is -2.71. The van der Waals surface area contributed by atoms with E-state index in [1.165, 1.54) is 5.56 Å². The van der Waals surface area contributed by atoms with Gasteiger partial charge in [0.15, 0.2) is 0 Å². The number of amides is 1. The van der Waals surface area contributed by atoms with Crippen LogP contribution in [0, 0.1) is 5.92 Å². The number of nitrogens with zero attached hydrogens (tertiary/aromatic N) is 3. The maximum atomic E-state index is 12.8. The van der Waals surface area contributed by atoms with Crippen LogP contribution in [0.3, 0.4) is 0 Å². The maximum absolute atomic E-state index is 12.8. The molecule has 2 aliphatic heterocycles. The van der Waals surface area contributed by atoms with Crippen LogP contribution in [0.4, 0.5) is 5.69 Å². The number of piperazine rings is 1. The summed E-state index contributed by atoms with van der Waals surface area (Å²) in [4.78, 5) is 17.2. The molecule has 1 atom stereocenters. The van der Waals surface area contributed by atoms with Crippen molar-refractivity contribution in [1.29, 1.82) is 0 Å². The van der Waals surface area contributed by atoms with Crippen molar-refractivity contribution in [2.75, 3.05) is 31.5 Å². The fourth-order valence-electron chi connectivity index (χ4n) is 4.08. The highest BCUT2D eigenvalue weighted by molar-refractivity contribution is 7.90. The summed E-state index contributed by atoms with van der Waals surface area (Å²) < 4.78 is 28.7. The Morgan fingerprint density at radius 3 is 2.45 bits per heavy atom. The highest BCUT2D eigenvalue weighted by Crippen LogP contribution is 2.28. The van der Waals surface area contributed by atoms with Crippen molar-refractivity contribution in [3.63, 3.8) is 0 Å². The lowest BCUT2D eigenvalue weighted by molar-refractivity contribution is -0.133. The van der Waals surface area contributed by atoms with E-state index in [0.717, 1.165) is 32.7 Å². The Labute approximate surface area is 183 Å². The monoisotopic (exact) mass is 440 g/mol. The normalized spacial score (nSPS) is 19.1. The number of amidine groups is 1. The van der Waals surface area contributed by atoms with Crippen LogP contribution < -0.4 is 5.32 Å². The van der Waals surface area contributed by atoms with Gasteiger partial charge in [-0.25, -0.2) is 0 Å². The van der Waals surface area contributed by atoms with Crippen molar-refractivity contribution in [2.45, 2.75) is 31.2 Å². The Morgan fingerprint density at radius 2 is 1.71 bits per heavy atom. The first-order valence-electron chi connectivity index (χ1n) is 10.6. The summed E-state index contributed by atoms with van der Waals surface area (Å²) >= 11 is 0. The number of para-hydroxylation sites is 1. The van der Waals surface area contributed by atoms with Gasteiger partial charge in [-0.2, -0.15) is 8.42 Å². The molecule has 0 saturated carbocycles. The average molecular weight is 441 g/mol. The third-order valence-corrected chi connectivity index (χ3v) is 7.09. The first-order valence-corrected chi connectivity index (χ1v) is 12.1. The van der Waals surface area contributed by atoms with E-state index in [0.29, 0.717) is 24.4 Å². The van der Waals surface area contributed by atoms with Crippen molar-refractivity contribution in [2.24, 2.45) is 10.3 Å². The molecule has 0 unspecified atom stereocenters. The third-order valence-electron chi connectivity index (χ3n) is 5.71. The number of fused-ring (bicyclic) bond motifs is 1. The molecule has 1 saturated heterocycles. The Kier molecular flexibility index (Phi) is 6.38. The minimum atomic E-state index is -3.69. The van der Waals surface area contributed by atoms with Gasteiger partial charge in [-0.1, -0.05) is 49.4 Å². The summed E-state index contributed by atoms with van der Waals surface area (Å²) in [6, 6.07) is 17.1. The topological polar surface area (TPSA) is 82.1 Å². The quantitative estimate of drug-likeness (QED) is 0.747. The first-order chi connectivity index (χ1) is 14.9. The second-order valence-corrected chi connectivity index (χ2v) is 9.86. The van der Waals surface area contributed by atoms with Gasteiger partial charge < -0.3 is 10.2 Å². The molecule has 0 radical (unpaired) electrons. The molecule has 8 heteroatoms. The Bertz CT molecular complexity index is 1060. The molecule has 1 N–H and O–H groups in total. The maximum Gasteiger partial charge on any atom is 0.286 e. The number of nitrogens with one attached hydrogen (secondary N) is 1. The SMILES string of the molecule is C[C@@H](CC(=O)N1CCN(Cc2ccccc2)CC1)CC1=NS(=O)(=O)c2ccccc2N1. The van der Waals surface area contributed by atoms with Gasteiger partial charge in [0.05, 0.1) is 5.69 Å². The summed E-state index contributed by atoms with van der Waals surface area (Å²) in [6.07, 6.45) is 0.786. The molecule has 0 bridgehead atoms.